The minimum atomic E-state index is -5.08. The van der Waals surface area contributed by atoms with Gasteiger partial charge in [-0.15, -0.1) is 11.3 Å². The van der Waals surface area contributed by atoms with Crippen LogP contribution in [0, 0.1) is 11.8 Å². The first kappa shape index (κ1) is 23.2. The smallest absolute Gasteiger partial charge is 0.475 e. The summed E-state index contributed by atoms with van der Waals surface area (Å²) in [5.41, 5.74) is 0.594. The lowest BCUT2D eigenvalue weighted by Gasteiger charge is -2.19. The normalized spacial score (nSPS) is 23.2. The van der Waals surface area contributed by atoms with Gasteiger partial charge in [-0.3, -0.25) is 14.4 Å². The van der Waals surface area contributed by atoms with E-state index in [1.54, 1.807) is 35.3 Å². The summed E-state index contributed by atoms with van der Waals surface area (Å²) in [6.45, 7) is 4.46. The number of hydrogen-bond acceptors (Lipinski definition) is 6. The Morgan fingerprint density at radius 2 is 2.10 bits per heavy atom. The summed E-state index contributed by atoms with van der Waals surface area (Å²) in [6, 6.07) is 6.02. The monoisotopic (exact) mass is 460 g/mol. The summed E-state index contributed by atoms with van der Waals surface area (Å²) in [7, 11) is 1.78. The fourth-order valence-electron chi connectivity index (χ4n) is 3.75. The number of nitrogens with zero attached hydrogens (tertiary/aromatic N) is 3. The lowest BCUT2D eigenvalue weighted by Crippen LogP contribution is -2.35. The number of halogens is 3. The average molecular weight is 460 g/mol. The number of alkyl halides is 3. The van der Waals surface area contributed by atoms with Crippen molar-refractivity contribution in [3.8, 4) is 0 Å². The number of aliphatic carboxylic acids is 1. The third-order valence-corrected chi connectivity index (χ3v) is 6.16. The van der Waals surface area contributed by atoms with Gasteiger partial charge in [-0.1, -0.05) is 6.07 Å². The van der Waals surface area contributed by atoms with Gasteiger partial charge >= 0.3 is 12.1 Å². The van der Waals surface area contributed by atoms with Crippen molar-refractivity contribution in [2.24, 2.45) is 18.9 Å². The van der Waals surface area contributed by atoms with E-state index in [1.807, 2.05) is 0 Å². The van der Waals surface area contributed by atoms with Gasteiger partial charge in [-0.05, 0) is 17.5 Å². The quantitative estimate of drug-likeness (QED) is 0.709. The van der Waals surface area contributed by atoms with Crippen LogP contribution in [-0.2, 0) is 23.1 Å². The minimum Gasteiger partial charge on any atom is -0.475 e. The molecule has 0 aliphatic carbocycles. The number of nitrogens with one attached hydrogen (secondary N) is 1. The Bertz CT molecular complexity index is 887. The second-order valence-electron chi connectivity index (χ2n) is 7.42. The topological polar surface area (TPSA) is 96.7 Å². The highest BCUT2D eigenvalue weighted by Gasteiger charge is 2.43. The maximum Gasteiger partial charge on any atom is 0.490 e. The third-order valence-electron chi connectivity index (χ3n) is 5.29. The molecule has 2 fully saturated rings. The number of aryl methyl sites for hydroxylation is 1. The summed E-state index contributed by atoms with van der Waals surface area (Å²) >= 11 is 1.80. The van der Waals surface area contributed by atoms with Crippen LogP contribution in [0.25, 0.3) is 0 Å². The Morgan fingerprint density at radius 3 is 2.68 bits per heavy atom. The zero-order chi connectivity index (χ0) is 22.6. The Morgan fingerprint density at radius 1 is 1.35 bits per heavy atom. The molecule has 0 saturated carbocycles. The van der Waals surface area contributed by atoms with E-state index in [4.69, 9.17) is 14.6 Å². The summed E-state index contributed by atoms with van der Waals surface area (Å²) in [4.78, 5) is 25.0. The van der Waals surface area contributed by atoms with E-state index in [0.29, 0.717) is 30.2 Å². The molecule has 4 heterocycles. The van der Waals surface area contributed by atoms with Gasteiger partial charge in [-0.2, -0.15) is 18.3 Å². The second-order valence-corrected chi connectivity index (χ2v) is 8.45. The molecule has 2 saturated heterocycles. The number of rotatable bonds is 5. The van der Waals surface area contributed by atoms with Crippen LogP contribution in [0.15, 0.2) is 29.8 Å². The predicted molar refractivity (Wildman–Crippen MR) is 106 cm³/mol. The first-order valence-electron chi connectivity index (χ1n) is 9.57. The van der Waals surface area contributed by atoms with E-state index in [2.05, 4.69) is 32.8 Å². The Labute approximate surface area is 180 Å². The van der Waals surface area contributed by atoms with Gasteiger partial charge in [0.05, 0.1) is 12.7 Å². The van der Waals surface area contributed by atoms with Crippen molar-refractivity contribution in [3.63, 3.8) is 0 Å². The van der Waals surface area contributed by atoms with Crippen LogP contribution in [0.3, 0.4) is 0 Å². The SMILES string of the molecule is Cn1nccc1C(=O)NC[C@@H]1CO[C@@H]2CN(Cc3cccs3)C[C@H]12.O=C(O)C(F)(F)F. The van der Waals surface area contributed by atoms with Gasteiger partial charge < -0.3 is 15.2 Å². The number of carbonyl (C=O) groups excluding carboxylic acids is 1. The number of likely N-dealkylation sites (tertiary alicyclic amines) is 1. The first-order valence-corrected chi connectivity index (χ1v) is 10.5. The number of hydrogen-bond donors (Lipinski definition) is 2. The molecule has 0 radical (unpaired) electrons. The van der Waals surface area contributed by atoms with E-state index < -0.39 is 12.1 Å². The van der Waals surface area contributed by atoms with Gasteiger partial charge in [0, 0.05) is 56.1 Å². The van der Waals surface area contributed by atoms with Gasteiger partial charge in [-0.25, -0.2) is 4.79 Å². The number of amides is 1. The van der Waals surface area contributed by atoms with Crippen molar-refractivity contribution in [1.29, 1.82) is 0 Å². The largest absolute Gasteiger partial charge is 0.490 e. The van der Waals surface area contributed by atoms with Gasteiger partial charge in [0.15, 0.2) is 0 Å². The molecular weight excluding hydrogens is 437 g/mol. The van der Waals surface area contributed by atoms with Crippen LogP contribution in [0.1, 0.15) is 15.4 Å². The molecular formula is C19H23F3N4O4S. The highest BCUT2D eigenvalue weighted by Crippen LogP contribution is 2.34. The molecule has 2 aliphatic heterocycles. The van der Waals surface area contributed by atoms with Crippen LogP contribution >= 0.6 is 11.3 Å². The molecule has 2 aliphatic rings. The third kappa shape index (κ3) is 6.05. The zero-order valence-corrected chi connectivity index (χ0v) is 17.5. The number of thiophene rings is 1. The van der Waals surface area contributed by atoms with E-state index in [1.165, 1.54) is 4.88 Å². The van der Waals surface area contributed by atoms with Crippen LogP contribution in [0.4, 0.5) is 13.2 Å². The molecule has 0 aromatic carbocycles. The van der Waals surface area contributed by atoms with Crippen molar-refractivity contribution in [3.05, 3.63) is 40.3 Å². The maximum atomic E-state index is 12.2. The van der Waals surface area contributed by atoms with Crippen molar-refractivity contribution < 1.29 is 32.6 Å². The van der Waals surface area contributed by atoms with E-state index in [9.17, 15) is 18.0 Å². The first-order chi connectivity index (χ1) is 14.6. The molecule has 2 N–H and O–H groups in total. The molecule has 2 aromatic rings. The molecule has 4 rings (SSSR count). The summed E-state index contributed by atoms with van der Waals surface area (Å²) in [5.74, 6) is -1.92. The molecule has 0 unspecified atom stereocenters. The Balaban J connectivity index is 0.000000339. The van der Waals surface area contributed by atoms with Crippen molar-refractivity contribution >= 4 is 23.2 Å². The van der Waals surface area contributed by atoms with Crippen molar-refractivity contribution in [2.75, 3.05) is 26.2 Å². The number of ether oxygens (including phenoxy) is 1. The van der Waals surface area contributed by atoms with E-state index >= 15 is 0 Å². The van der Waals surface area contributed by atoms with Crippen LogP contribution < -0.4 is 5.32 Å². The minimum absolute atomic E-state index is 0.0631. The molecule has 2 aromatic heterocycles. The second kappa shape index (κ2) is 9.79. The summed E-state index contributed by atoms with van der Waals surface area (Å²) in [5, 5.41) is 16.3. The van der Waals surface area contributed by atoms with Crippen LogP contribution in [0.2, 0.25) is 0 Å². The predicted octanol–water partition coefficient (Wildman–Crippen LogP) is 1.99. The average Bonchev–Trinajstić information content (AvgIpc) is 3.46. The lowest BCUT2D eigenvalue weighted by molar-refractivity contribution is -0.192. The van der Waals surface area contributed by atoms with Crippen molar-refractivity contribution in [2.45, 2.75) is 18.8 Å². The standard InChI is InChI=1S/C17H22N4O2S.C2HF3O2/c1-20-15(4-5-19-20)17(22)18-7-12-11-23-16-10-21(9-14(12)16)8-13-3-2-6-24-13;3-2(4,5)1(6)7/h2-6,12,14,16H,7-11H2,1H3,(H,18,22);(H,6,7)/t12-,14-,16-;/m1./s1. The number of aromatic nitrogens is 2. The van der Waals surface area contributed by atoms with Crippen molar-refractivity contribution in [1.82, 2.24) is 20.0 Å². The van der Waals surface area contributed by atoms with E-state index in [-0.39, 0.29) is 5.91 Å². The van der Waals surface area contributed by atoms with Gasteiger partial charge in [0.2, 0.25) is 0 Å². The molecule has 8 nitrogen and oxygen atoms in total. The number of carbonyl (C=O) groups is 2. The molecule has 3 atom stereocenters. The fourth-order valence-corrected chi connectivity index (χ4v) is 4.50. The summed E-state index contributed by atoms with van der Waals surface area (Å²) < 4.78 is 39.3. The van der Waals surface area contributed by atoms with E-state index in [0.717, 1.165) is 26.2 Å². The Hall–Kier alpha value is -2.44. The summed E-state index contributed by atoms with van der Waals surface area (Å²) in [6.07, 6.45) is -3.13. The number of fused-ring (bicyclic) bond motifs is 1. The highest BCUT2D eigenvalue weighted by molar-refractivity contribution is 7.09. The zero-order valence-electron chi connectivity index (χ0n) is 16.7. The maximum absolute atomic E-state index is 12.2. The molecule has 170 valence electrons. The number of carboxylic acid groups (broad SMARTS) is 1. The van der Waals surface area contributed by atoms with Gasteiger partial charge in [0.1, 0.15) is 5.69 Å². The fraction of sp³-hybridized carbons (Fsp3) is 0.526. The van der Waals surface area contributed by atoms with Crippen LogP contribution in [-0.4, -0.2) is 70.2 Å². The van der Waals surface area contributed by atoms with Crippen LogP contribution in [0.5, 0.6) is 0 Å². The molecule has 1 amide bonds. The molecule has 0 bridgehead atoms. The van der Waals surface area contributed by atoms with Gasteiger partial charge in [0.25, 0.3) is 5.91 Å². The lowest BCUT2D eigenvalue weighted by atomic mass is 9.93. The Kier molecular flexibility index (Phi) is 7.34. The molecule has 31 heavy (non-hydrogen) atoms. The molecule has 12 heteroatoms. The highest BCUT2D eigenvalue weighted by atomic mass is 32.1. The molecule has 0 spiro atoms. The number of carboxylic acids is 1.